The summed E-state index contributed by atoms with van der Waals surface area (Å²) < 4.78 is 0. The summed E-state index contributed by atoms with van der Waals surface area (Å²) in [5.41, 5.74) is 0.671. The highest BCUT2D eigenvalue weighted by Gasteiger charge is 2.44. The largest absolute Gasteiger partial charge is 0.334 e. The quantitative estimate of drug-likeness (QED) is 0.359. The summed E-state index contributed by atoms with van der Waals surface area (Å²) in [6.07, 6.45) is 0. The maximum atomic E-state index is 12.5. The highest BCUT2D eigenvalue weighted by molar-refractivity contribution is 6.44. The van der Waals surface area contributed by atoms with Gasteiger partial charge in [0.15, 0.2) is 0 Å². The minimum absolute atomic E-state index is 0.0301. The zero-order valence-electron chi connectivity index (χ0n) is 13.0. The lowest BCUT2D eigenvalue weighted by Crippen LogP contribution is -2.32. The fourth-order valence-electron chi connectivity index (χ4n) is 2.59. The van der Waals surface area contributed by atoms with Gasteiger partial charge in [-0.3, -0.25) is 29.5 Å². The Kier molecular flexibility index (Phi) is 4.25. The lowest BCUT2D eigenvalue weighted by atomic mass is 10.1. The summed E-state index contributed by atoms with van der Waals surface area (Å²) in [5, 5.41) is 11.1. The van der Waals surface area contributed by atoms with E-state index in [1.54, 1.807) is 36.4 Å². The Morgan fingerprint density at radius 3 is 2.00 bits per heavy atom. The molecule has 1 heterocycles. The molecule has 2 aromatic carbocycles. The second-order valence-corrected chi connectivity index (χ2v) is 5.44. The molecule has 0 aliphatic carbocycles. The number of para-hydroxylation sites is 1. The SMILES string of the molecule is O=C1C(=O)N(Cc2ccccc2[N+](=O)[O-])C(=O)N1Cc1ccccc1. The minimum Gasteiger partial charge on any atom is -0.263 e. The first kappa shape index (κ1) is 16.3. The molecule has 0 unspecified atom stereocenters. The molecule has 1 aliphatic heterocycles. The molecule has 0 aromatic heterocycles. The van der Waals surface area contributed by atoms with Crippen LogP contribution in [-0.2, 0) is 22.7 Å². The molecule has 4 amide bonds. The molecule has 25 heavy (non-hydrogen) atoms. The number of nitro benzene ring substituents is 1. The van der Waals surface area contributed by atoms with Crippen molar-refractivity contribution >= 4 is 23.5 Å². The Morgan fingerprint density at radius 2 is 1.36 bits per heavy atom. The average Bonchev–Trinajstić information content (AvgIpc) is 2.81. The Morgan fingerprint density at radius 1 is 0.800 bits per heavy atom. The van der Waals surface area contributed by atoms with Crippen LogP contribution in [0.2, 0.25) is 0 Å². The third kappa shape index (κ3) is 3.09. The smallest absolute Gasteiger partial charge is 0.263 e. The van der Waals surface area contributed by atoms with Crippen molar-refractivity contribution in [2.24, 2.45) is 0 Å². The number of nitrogens with zero attached hydrogens (tertiary/aromatic N) is 3. The molecule has 126 valence electrons. The molecule has 3 rings (SSSR count). The summed E-state index contributed by atoms with van der Waals surface area (Å²) in [6.45, 7) is -0.358. The Labute approximate surface area is 142 Å². The van der Waals surface area contributed by atoms with Gasteiger partial charge < -0.3 is 0 Å². The van der Waals surface area contributed by atoms with E-state index in [1.165, 1.54) is 18.2 Å². The van der Waals surface area contributed by atoms with Crippen LogP contribution in [0.1, 0.15) is 11.1 Å². The molecular weight excluding hydrogens is 326 g/mol. The first-order valence-corrected chi connectivity index (χ1v) is 7.42. The van der Waals surface area contributed by atoms with Crippen molar-refractivity contribution in [2.45, 2.75) is 13.1 Å². The van der Waals surface area contributed by atoms with Crippen molar-refractivity contribution in [3.05, 3.63) is 75.8 Å². The van der Waals surface area contributed by atoms with Crippen LogP contribution in [0.15, 0.2) is 54.6 Å². The van der Waals surface area contributed by atoms with Crippen molar-refractivity contribution in [3.8, 4) is 0 Å². The maximum Gasteiger partial charge on any atom is 0.334 e. The predicted molar refractivity (Wildman–Crippen MR) is 86.0 cm³/mol. The number of nitro groups is 1. The van der Waals surface area contributed by atoms with E-state index in [0.29, 0.717) is 5.56 Å². The molecule has 0 bridgehead atoms. The van der Waals surface area contributed by atoms with Crippen molar-refractivity contribution in [1.29, 1.82) is 0 Å². The number of urea groups is 1. The topological polar surface area (TPSA) is 101 Å². The van der Waals surface area contributed by atoms with E-state index in [0.717, 1.165) is 9.80 Å². The number of rotatable bonds is 5. The normalized spacial score (nSPS) is 14.3. The molecular formula is C17H13N3O5. The molecule has 1 saturated heterocycles. The van der Waals surface area contributed by atoms with Crippen molar-refractivity contribution in [3.63, 3.8) is 0 Å². The number of amides is 4. The molecule has 2 aromatic rings. The molecule has 0 saturated carbocycles. The number of imide groups is 2. The van der Waals surface area contributed by atoms with Gasteiger partial charge in [0.2, 0.25) is 0 Å². The van der Waals surface area contributed by atoms with Gasteiger partial charge in [-0.05, 0) is 5.56 Å². The lowest BCUT2D eigenvalue weighted by Gasteiger charge is -2.15. The van der Waals surface area contributed by atoms with Crippen molar-refractivity contribution < 1.29 is 19.3 Å². The van der Waals surface area contributed by atoms with Crippen LogP contribution in [0.4, 0.5) is 10.5 Å². The Hall–Kier alpha value is -3.55. The van der Waals surface area contributed by atoms with Crippen LogP contribution in [0, 0.1) is 10.1 Å². The van der Waals surface area contributed by atoms with E-state index >= 15 is 0 Å². The fourth-order valence-corrected chi connectivity index (χ4v) is 2.59. The van der Waals surface area contributed by atoms with Crippen LogP contribution < -0.4 is 0 Å². The zero-order chi connectivity index (χ0) is 18.0. The van der Waals surface area contributed by atoms with Crippen LogP contribution >= 0.6 is 0 Å². The molecule has 1 fully saturated rings. The summed E-state index contributed by atoms with van der Waals surface area (Å²) >= 11 is 0. The van der Waals surface area contributed by atoms with E-state index in [-0.39, 0.29) is 24.3 Å². The third-order valence-corrected chi connectivity index (χ3v) is 3.84. The molecule has 1 aliphatic rings. The number of hydrogen-bond donors (Lipinski definition) is 0. The third-order valence-electron chi connectivity index (χ3n) is 3.84. The highest BCUT2D eigenvalue weighted by Crippen LogP contribution is 2.23. The van der Waals surface area contributed by atoms with Gasteiger partial charge in [0.1, 0.15) is 0 Å². The van der Waals surface area contributed by atoms with Gasteiger partial charge in [0, 0.05) is 11.6 Å². The zero-order valence-corrected chi connectivity index (χ0v) is 13.0. The summed E-state index contributed by atoms with van der Waals surface area (Å²) in [7, 11) is 0. The van der Waals surface area contributed by atoms with E-state index < -0.39 is 22.8 Å². The number of carbonyl (C=O) groups excluding carboxylic acids is 3. The maximum absolute atomic E-state index is 12.5. The van der Waals surface area contributed by atoms with E-state index in [1.807, 2.05) is 0 Å². The molecule has 0 radical (unpaired) electrons. The van der Waals surface area contributed by atoms with Gasteiger partial charge in [-0.2, -0.15) is 0 Å². The van der Waals surface area contributed by atoms with Crippen LogP contribution in [0.25, 0.3) is 0 Å². The average molecular weight is 339 g/mol. The molecule has 0 N–H and O–H groups in total. The second-order valence-electron chi connectivity index (χ2n) is 5.44. The van der Waals surface area contributed by atoms with E-state index in [2.05, 4.69) is 0 Å². The van der Waals surface area contributed by atoms with Crippen molar-refractivity contribution in [1.82, 2.24) is 9.80 Å². The van der Waals surface area contributed by atoms with Gasteiger partial charge in [0.25, 0.3) is 5.69 Å². The van der Waals surface area contributed by atoms with Gasteiger partial charge in [-0.1, -0.05) is 48.5 Å². The summed E-state index contributed by atoms with van der Waals surface area (Å²) in [6, 6.07) is 13.8. The number of carbonyl (C=O) groups is 3. The molecule has 8 nitrogen and oxygen atoms in total. The van der Waals surface area contributed by atoms with E-state index in [4.69, 9.17) is 0 Å². The van der Waals surface area contributed by atoms with Gasteiger partial charge >= 0.3 is 17.8 Å². The van der Waals surface area contributed by atoms with Gasteiger partial charge in [-0.25, -0.2) is 4.79 Å². The predicted octanol–water partition coefficient (Wildman–Crippen LogP) is 2.09. The standard InChI is InChI=1S/C17H13N3O5/c21-15-16(22)19(11-13-8-4-5-9-14(13)20(24)25)17(23)18(15)10-12-6-2-1-3-7-12/h1-9H,10-11H2. The molecule has 8 heteroatoms. The summed E-state index contributed by atoms with van der Waals surface area (Å²) in [4.78, 5) is 48.8. The number of benzene rings is 2. The van der Waals surface area contributed by atoms with Gasteiger partial charge in [0.05, 0.1) is 18.0 Å². The van der Waals surface area contributed by atoms with Crippen LogP contribution in [0.5, 0.6) is 0 Å². The first-order valence-electron chi connectivity index (χ1n) is 7.42. The van der Waals surface area contributed by atoms with Crippen LogP contribution in [-0.4, -0.2) is 32.6 Å². The van der Waals surface area contributed by atoms with Gasteiger partial charge in [-0.15, -0.1) is 0 Å². The minimum atomic E-state index is -0.987. The first-order chi connectivity index (χ1) is 12.0. The molecule has 0 spiro atoms. The van der Waals surface area contributed by atoms with Crippen molar-refractivity contribution in [2.75, 3.05) is 0 Å². The monoisotopic (exact) mass is 339 g/mol. The van der Waals surface area contributed by atoms with Crippen LogP contribution in [0.3, 0.4) is 0 Å². The lowest BCUT2D eigenvalue weighted by molar-refractivity contribution is -0.385. The number of hydrogen-bond acceptors (Lipinski definition) is 5. The Bertz CT molecular complexity index is 866. The van der Waals surface area contributed by atoms with E-state index in [9.17, 15) is 24.5 Å². The Balaban J connectivity index is 1.84. The fraction of sp³-hybridized carbons (Fsp3) is 0.118. The summed E-state index contributed by atoms with van der Waals surface area (Å²) in [5.74, 6) is -1.92. The second kappa shape index (κ2) is 6.52. The highest BCUT2D eigenvalue weighted by atomic mass is 16.6. The molecule has 0 atom stereocenters.